The zero-order valence-corrected chi connectivity index (χ0v) is 19.7. The highest BCUT2D eigenvalue weighted by Crippen LogP contribution is 2.36. The Morgan fingerprint density at radius 2 is 0.538 bits per heavy atom. The van der Waals surface area contributed by atoms with Crippen molar-refractivity contribution in [2.45, 2.75) is 120 Å². The van der Waals surface area contributed by atoms with Gasteiger partial charge in [0.1, 0.15) is 0 Å². The highest BCUT2D eigenvalue weighted by Gasteiger charge is 2.26. The first-order valence-corrected chi connectivity index (χ1v) is 12.2. The topological polar surface area (TPSA) is 0 Å². The van der Waals surface area contributed by atoms with Crippen LogP contribution in [0.2, 0.25) is 0 Å². The third-order valence-corrected chi connectivity index (χ3v) is 8.39. The predicted molar refractivity (Wildman–Crippen MR) is 119 cm³/mol. The van der Waals surface area contributed by atoms with E-state index in [4.69, 9.17) is 0 Å². The summed E-state index contributed by atoms with van der Waals surface area (Å²) in [6.07, 6.45) is 14.7. The van der Waals surface area contributed by atoms with E-state index in [9.17, 15) is 0 Å². The van der Waals surface area contributed by atoms with Gasteiger partial charge in [-0.1, -0.05) is 113 Å². The molecular weight excluding hydrogens is 312 g/mol. The van der Waals surface area contributed by atoms with E-state index in [1.54, 1.807) is 0 Å². The fourth-order valence-electron chi connectivity index (χ4n) is 4.17. The van der Waals surface area contributed by atoms with Crippen LogP contribution in [0.3, 0.4) is 0 Å². The molecule has 0 aromatic carbocycles. The molecule has 0 aromatic rings. The molecule has 0 bridgehead atoms. The van der Waals surface area contributed by atoms with Gasteiger partial charge in [-0.15, -0.1) is 0 Å². The molecule has 4 fully saturated rings. The van der Waals surface area contributed by atoms with Crippen molar-refractivity contribution < 1.29 is 0 Å². The van der Waals surface area contributed by atoms with Crippen molar-refractivity contribution in [2.75, 3.05) is 0 Å². The second-order valence-corrected chi connectivity index (χ2v) is 10.8. The largest absolute Gasteiger partial charge is 0.0623 e. The van der Waals surface area contributed by atoms with Gasteiger partial charge in [-0.3, -0.25) is 0 Å². The average Bonchev–Trinajstić information content (AvgIpc) is 3.13. The molecule has 4 rings (SSSR count). The van der Waals surface area contributed by atoms with Gasteiger partial charge in [0.25, 0.3) is 0 Å². The van der Waals surface area contributed by atoms with Crippen LogP contribution in [0.25, 0.3) is 0 Å². The summed E-state index contributed by atoms with van der Waals surface area (Å²) < 4.78 is 0. The summed E-state index contributed by atoms with van der Waals surface area (Å²) in [4.78, 5) is 0. The van der Waals surface area contributed by atoms with Gasteiger partial charge < -0.3 is 0 Å². The SMILES string of the molecule is CC1CC1C.CC1CCC1C.CC1CCCC1C.CC1CCCCC1C. The van der Waals surface area contributed by atoms with Crippen LogP contribution >= 0.6 is 0 Å². The average molecular weight is 365 g/mol. The standard InChI is InChI=1S/C8H16.C7H14.C6H12.C5H10/c1-7-5-3-4-6-8(7)2;1-6-4-3-5-7(6)2;1-5-3-4-6(5)2;1-4-3-5(4)2/h7-8H,3-6H2,1-2H3;6-7H,3-5H2,1-2H3;5-6H,3-4H2,1-2H3;4-5H,3H2,1-2H3. The van der Waals surface area contributed by atoms with E-state index >= 15 is 0 Å². The maximum absolute atomic E-state index is 2.38. The van der Waals surface area contributed by atoms with E-state index in [-0.39, 0.29) is 0 Å². The van der Waals surface area contributed by atoms with Crippen molar-refractivity contribution in [3.8, 4) is 0 Å². The minimum absolute atomic E-state index is 1.00. The third-order valence-electron chi connectivity index (χ3n) is 8.39. The summed E-state index contributed by atoms with van der Waals surface area (Å²) in [7, 11) is 0. The van der Waals surface area contributed by atoms with E-state index < -0.39 is 0 Å². The molecule has 4 saturated carbocycles. The smallest absolute Gasteiger partial charge is 0.0414 e. The zero-order chi connectivity index (χ0) is 19.7. The van der Waals surface area contributed by atoms with Crippen LogP contribution in [0.1, 0.15) is 120 Å². The second kappa shape index (κ2) is 12.5. The Hall–Kier alpha value is 0. The van der Waals surface area contributed by atoms with Gasteiger partial charge in [-0.2, -0.15) is 0 Å². The molecule has 4 aliphatic carbocycles. The summed E-state index contributed by atoms with van der Waals surface area (Å²) >= 11 is 0. The van der Waals surface area contributed by atoms with Crippen LogP contribution in [0.5, 0.6) is 0 Å². The molecule has 8 atom stereocenters. The van der Waals surface area contributed by atoms with Crippen LogP contribution in [0, 0.1) is 47.3 Å². The molecule has 4 aliphatic rings. The van der Waals surface area contributed by atoms with Crippen molar-refractivity contribution in [2.24, 2.45) is 47.3 Å². The Morgan fingerprint density at radius 3 is 0.654 bits per heavy atom. The summed E-state index contributed by atoms with van der Waals surface area (Å²) in [5.41, 5.74) is 0. The normalized spacial score (nSPS) is 43.4. The van der Waals surface area contributed by atoms with Crippen LogP contribution in [0.15, 0.2) is 0 Å². The molecular formula is C26H52. The number of rotatable bonds is 0. The van der Waals surface area contributed by atoms with Gasteiger partial charge in [0.05, 0.1) is 0 Å². The summed E-state index contributed by atoms with van der Waals surface area (Å²) in [6, 6.07) is 0. The first-order valence-electron chi connectivity index (χ1n) is 12.2. The molecule has 156 valence electrons. The molecule has 0 heteroatoms. The first kappa shape index (κ1) is 24.0. The van der Waals surface area contributed by atoms with Crippen LogP contribution in [-0.2, 0) is 0 Å². The van der Waals surface area contributed by atoms with E-state index in [0.717, 1.165) is 47.3 Å². The highest BCUT2D eigenvalue weighted by molar-refractivity contribution is 4.76. The Morgan fingerprint density at radius 1 is 0.308 bits per heavy atom. The number of hydrogen-bond donors (Lipinski definition) is 0. The fraction of sp³-hybridized carbons (Fsp3) is 1.00. The Kier molecular flexibility index (Phi) is 11.5. The molecule has 0 heterocycles. The molecule has 0 aliphatic heterocycles. The molecule has 0 N–H and O–H groups in total. The Bertz CT molecular complexity index is 314. The fourth-order valence-corrected chi connectivity index (χ4v) is 4.17. The lowest BCUT2D eigenvalue weighted by Crippen LogP contribution is -2.18. The maximum Gasteiger partial charge on any atom is -0.0414 e. The number of hydrogen-bond acceptors (Lipinski definition) is 0. The van der Waals surface area contributed by atoms with Gasteiger partial charge in [0.15, 0.2) is 0 Å². The lowest BCUT2D eigenvalue weighted by molar-refractivity contribution is 0.219. The Labute approximate surface area is 167 Å². The van der Waals surface area contributed by atoms with E-state index in [1.807, 2.05) is 0 Å². The highest BCUT2D eigenvalue weighted by atomic mass is 14.3. The summed E-state index contributed by atoms with van der Waals surface area (Å²) in [5, 5.41) is 0. The van der Waals surface area contributed by atoms with Crippen molar-refractivity contribution in [3.05, 3.63) is 0 Å². The zero-order valence-electron chi connectivity index (χ0n) is 19.7. The molecule has 0 amide bonds. The second-order valence-electron chi connectivity index (χ2n) is 10.8. The van der Waals surface area contributed by atoms with E-state index in [1.165, 1.54) is 64.2 Å². The lowest BCUT2D eigenvalue weighted by Gasteiger charge is -2.29. The molecule has 0 nitrogen and oxygen atoms in total. The van der Waals surface area contributed by atoms with Crippen LogP contribution < -0.4 is 0 Å². The van der Waals surface area contributed by atoms with Gasteiger partial charge in [0, 0.05) is 0 Å². The summed E-state index contributed by atoms with van der Waals surface area (Å²) in [6.45, 7) is 18.7. The third kappa shape index (κ3) is 9.80. The van der Waals surface area contributed by atoms with Gasteiger partial charge in [0.2, 0.25) is 0 Å². The predicted octanol–water partition coefficient (Wildman–Crippen LogP) is 8.99. The van der Waals surface area contributed by atoms with Crippen molar-refractivity contribution in [1.82, 2.24) is 0 Å². The monoisotopic (exact) mass is 364 g/mol. The van der Waals surface area contributed by atoms with Crippen molar-refractivity contribution in [3.63, 3.8) is 0 Å². The van der Waals surface area contributed by atoms with Crippen molar-refractivity contribution >= 4 is 0 Å². The first-order chi connectivity index (χ1) is 12.2. The minimum atomic E-state index is 1.00. The maximum atomic E-state index is 2.38. The molecule has 0 saturated heterocycles. The van der Waals surface area contributed by atoms with E-state index in [2.05, 4.69) is 55.4 Å². The molecule has 26 heavy (non-hydrogen) atoms. The quantitative estimate of drug-likeness (QED) is 0.402. The lowest BCUT2D eigenvalue weighted by atomic mass is 9.77. The summed E-state index contributed by atoms with van der Waals surface area (Å²) in [5.74, 6) is 8.20. The van der Waals surface area contributed by atoms with Gasteiger partial charge in [-0.25, -0.2) is 0 Å². The molecule has 0 radical (unpaired) electrons. The van der Waals surface area contributed by atoms with Gasteiger partial charge in [-0.05, 0) is 53.8 Å². The minimum Gasteiger partial charge on any atom is -0.0623 e. The molecule has 0 aromatic heterocycles. The van der Waals surface area contributed by atoms with Crippen LogP contribution in [0.4, 0.5) is 0 Å². The molecule has 8 unspecified atom stereocenters. The van der Waals surface area contributed by atoms with E-state index in [0.29, 0.717) is 0 Å². The van der Waals surface area contributed by atoms with Gasteiger partial charge >= 0.3 is 0 Å². The Balaban J connectivity index is 0.000000176. The van der Waals surface area contributed by atoms with Crippen molar-refractivity contribution in [1.29, 1.82) is 0 Å². The molecule has 0 spiro atoms. The van der Waals surface area contributed by atoms with Crippen LogP contribution in [-0.4, -0.2) is 0 Å².